The Morgan fingerprint density at radius 2 is 1.72 bits per heavy atom. The van der Waals surface area contributed by atoms with Crippen molar-refractivity contribution in [3.63, 3.8) is 0 Å². The van der Waals surface area contributed by atoms with Gasteiger partial charge in [-0.25, -0.2) is 18.1 Å². The van der Waals surface area contributed by atoms with Crippen LogP contribution in [0, 0.1) is 0 Å². The molecule has 0 aliphatic rings. The monoisotopic (exact) mass is 356 g/mol. The molecule has 1 aromatic heterocycles. The molecule has 0 bridgehead atoms. The molecular weight excluding hydrogens is 336 g/mol. The fourth-order valence-corrected chi connectivity index (χ4v) is 3.46. The fraction of sp³-hybridized carbons (Fsp3) is 0.211. The highest BCUT2D eigenvalue weighted by Crippen LogP contribution is 2.26. The number of unbranched alkanes of at least 4 members (excludes halogenated alkanes) is 1. The molecule has 0 saturated carbocycles. The maximum Gasteiger partial charge on any atom is 0.240 e. The molecule has 0 unspecified atom stereocenters. The van der Waals surface area contributed by atoms with Crippen molar-refractivity contribution < 1.29 is 12.8 Å². The minimum atomic E-state index is -3.47. The second-order valence-electron chi connectivity index (χ2n) is 5.67. The molecule has 3 rings (SSSR count). The zero-order chi connectivity index (χ0) is 17.7. The number of hydrogen-bond donors (Lipinski definition) is 1. The van der Waals surface area contributed by atoms with Crippen molar-refractivity contribution in [2.24, 2.45) is 0 Å². The molecule has 5 nitrogen and oxygen atoms in total. The van der Waals surface area contributed by atoms with Crippen LogP contribution in [0.3, 0.4) is 0 Å². The summed E-state index contributed by atoms with van der Waals surface area (Å²) in [7, 11) is -3.47. The van der Waals surface area contributed by atoms with E-state index in [0.29, 0.717) is 18.2 Å². The Morgan fingerprint density at radius 3 is 2.40 bits per heavy atom. The molecule has 6 heteroatoms. The van der Waals surface area contributed by atoms with Crippen LogP contribution in [0.5, 0.6) is 0 Å². The van der Waals surface area contributed by atoms with Gasteiger partial charge >= 0.3 is 0 Å². The van der Waals surface area contributed by atoms with E-state index in [0.717, 1.165) is 24.0 Å². The van der Waals surface area contributed by atoms with Crippen LogP contribution < -0.4 is 4.72 Å². The largest absolute Gasteiger partial charge is 0.436 e. The lowest BCUT2D eigenvalue weighted by Gasteiger charge is -2.06. The lowest BCUT2D eigenvalue weighted by Crippen LogP contribution is -2.24. The van der Waals surface area contributed by atoms with E-state index in [1.807, 2.05) is 37.3 Å². The van der Waals surface area contributed by atoms with E-state index in [4.69, 9.17) is 4.42 Å². The topological polar surface area (TPSA) is 72.2 Å². The van der Waals surface area contributed by atoms with Gasteiger partial charge in [0, 0.05) is 17.7 Å². The lowest BCUT2D eigenvalue weighted by atomic mass is 10.2. The molecule has 3 aromatic rings. The van der Waals surface area contributed by atoms with Crippen LogP contribution in [-0.4, -0.2) is 19.9 Å². The highest BCUT2D eigenvalue weighted by molar-refractivity contribution is 7.89. The third-order valence-corrected chi connectivity index (χ3v) is 5.27. The van der Waals surface area contributed by atoms with Crippen molar-refractivity contribution >= 4 is 10.0 Å². The van der Waals surface area contributed by atoms with Crippen molar-refractivity contribution in [3.05, 3.63) is 60.8 Å². The molecule has 1 heterocycles. The summed E-state index contributed by atoms with van der Waals surface area (Å²) in [5.74, 6) is 1.13. The van der Waals surface area contributed by atoms with Gasteiger partial charge < -0.3 is 4.42 Å². The van der Waals surface area contributed by atoms with E-state index in [1.54, 1.807) is 30.5 Å². The zero-order valence-electron chi connectivity index (χ0n) is 14.0. The summed E-state index contributed by atoms with van der Waals surface area (Å²) in [6.07, 6.45) is 3.42. The number of rotatable bonds is 7. The normalized spacial score (nSPS) is 11.6. The third kappa shape index (κ3) is 4.15. The van der Waals surface area contributed by atoms with Crippen molar-refractivity contribution in [2.45, 2.75) is 24.7 Å². The number of benzene rings is 2. The van der Waals surface area contributed by atoms with Crippen LogP contribution in [0.25, 0.3) is 22.8 Å². The summed E-state index contributed by atoms with van der Waals surface area (Å²) in [6.45, 7) is 2.46. The van der Waals surface area contributed by atoms with Crippen molar-refractivity contribution in [1.82, 2.24) is 9.71 Å². The van der Waals surface area contributed by atoms with Gasteiger partial charge in [-0.15, -0.1) is 0 Å². The summed E-state index contributed by atoms with van der Waals surface area (Å²) >= 11 is 0. The van der Waals surface area contributed by atoms with E-state index >= 15 is 0 Å². The van der Waals surface area contributed by atoms with E-state index in [2.05, 4.69) is 9.71 Å². The standard InChI is InChI=1S/C19H20N2O3S/c1-2-3-13-21-25(22,23)17-11-9-16(10-12-17)19-20-14-18(24-19)15-7-5-4-6-8-15/h4-12,14,21H,2-3,13H2,1H3. The first-order valence-corrected chi connectivity index (χ1v) is 9.70. The highest BCUT2D eigenvalue weighted by atomic mass is 32.2. The van der Waals surface area contributed by atoms with Crippen LogP contribution in [0.2, 0.25) is 0 Å². The van der Waals surface area contributed by atoms with Gasteiger partial charge in [0.25, 0.3) is 0 Å². The first-order chi connectivity index (χ1) is 12.1. The first-order valence-electron chi connectivity index (χ1n) is 8.21. The van der Waals surface area contributed by atoms with Crippen LogP contribution in [0.1, 0.15) is 19.8 Å². The number of hydrogen-bond acceptors (Lipinski definition) is 4. The predicted molar refractivity (Wildman–Crippen MR) is 97.5 cm³/mol. The molecule has 0 saturated heterocycles. The van der Waals surface area contributed by atoms with Crippen LogP contribution in [0.4, 0.5) is 0 Å². The Balaban J connectivity index is 1.78. The maximum absolute atomic E-state index is 12.2. The van der Waals surface area contributed by atoms with E-state index in [1.165, 1.54) is 0 Å². The van der Waals surface area contributed by atoms with Crippen molar-refractivity contribution in [2.75, 3.05) is 6.54 Å². The van der Waals surface area contributed by atoms with E-state index in [9.17, 15) is 8.42 Å². The first kappa shape index (κ1) is 17.4. The quantitative estimate of drug-likeness (QED) is 0.647. The molecular formula is C19H20N2O3S. The van der Waals surface area contributed by atoms with Gasteiger partial charge in [-0.2, -0.15) is 0 Å². The van der Waals surface area contributed by atoms with Crippen LogP contribution >= 0.6 is 0 Å². The average molecular weight is 356 g/mol. The number of aromatic nitrogens is 1. The Labute approximate surface area is 147 Å². The maximum atomic E-state index is 12.2. The minimum absolute atomic E-state index is 0.238. The molecule has 0 fully saturated rings. The molecule has 2 aromatic carbocycles. The lowest BCUT2D eigenvalue weighted by molar-refractivity contribution is 0.578. The zero-order valence-corrected chi connectivity index (χ0v) is 14.8. The number of oxazole rings is 1. The molecule has 25 heavy (non-hydrogen) atoms. The second-order valence-corrected chi connectivity index (χ2v) is 7.44. The Hall–Kier alpha value is -2.44. The van der Waals surface area contributed by atoms with Crippen LogP contribution in [0.15, 0.2) is 70.1 Å². The highest BCUT2D eigenvalue weighted by Gasteiger charge is 2.14. The van der Waals surface area contributed by atoms with E-state index in [-0.39, 0.29) is 4.90 Å². The minimum Gasteiger partial charge on any atom is -0.436 e. The smallest absolute Gasteiger partial charge is 0.240 e. The Kier molecular flexibility index (Phi) is 5.31. The molecule has 0 spiro atoms. The summed E-state index contributed by atoms with van der Waals surface area (Å²) in [6, 6.07) is 16.2. The molecule has 0 atom stereocenters. The average Bonchev–Trinajstić information content (AvgIpc) is 3.13. The SMILES string of the molecule is CCCCNS(=O)(=O)c1ccc(-c2ncc(-c3ccccc3)o2)cc1. The number of sulfonamides is 1. The van der Waals surface area contributed by atoms with Crippen LogP contribution in [-0.2, 0) is 10.0 Å². The molecule has 0 aliphatic heterocycles. The van der Waals surface area contributed by atoms with Gasteiger partial charge in [0.1, 0.15) is 0 Å². The Morgan fingerprint density at radius 1 is 1.00 bits per heavy atom. The van der Waals surface area contributed by atoms with Gasteiger partial charge in [-0.1, -0.05) is 43.7 Å². The molecule has 1 N–H and O–H groups in total. The van der Waals surface area contributed by atoms with Gasteiger partial charge in [0.15, 0.2) is 5.76 Å². The van der Waals surface area contributed by atoms with Gasteiger partial charge in [-0.3, -0.25) is 0 Å². The van der Waals surface area contributed by atoms with Gasteiger partial charge in [0.2, 0.25) is 15.9 Å². The summed E-state index contributed by atoms with van der Waals surface area (Å²) in [5.41, 5.74) is 1.68. The number of nitrogens with one attached hydrogen (secondary N) is 1. The van der Waals surface area contributed by atoms with E-state index < -0.39 is 10.0 Å². The van der Waals surface area contributed by atoms with Crippen molar-refractivity contribution in [3.8, 4) is 22.8 Å². The van der Waals surface area contributed by atoms with Gasteiger partial charge in [0.05, 0.1) is 11.1 Å². The summed E-state index contributed by atoms with van der Waals surface area (Å²) in [5, 5.41) is 0. The predicted octanol–water partition coefficient (Wildman–Crippen LogP) is 4.09. The number of nitrogens with zero attached hydrogens (tertiary/aromatic N) is 1. The second kappa shape index (κ2) is 7.63. The summed E-state index contributed by atoms with van der Waals surface area (Å²) in [4.78, 5) is 4.52. The Bertz CT molecular complexity index is 917. The third-order valence-electron chi connectivity index (χ3n) is 3.80. The molecule has 130 valence electrons. The molecule has 0 radical (unpaired) electrons. The van der Waals surface area contributed by atoms with Crippen molar-refractivity contribution in [1.29, 1.82) is 0 Å². The fourth-order valence-electron chi connectivity index (χ4n) is 2.39. The molecule has 0 aliphatic carbocycles. The van der Waals surface area contributed by atoms with Gasteiger partial charge in [-0.05, 0) is 30.7 Å². The summed E-state index contributed by atoms with van der Waals surface area (Å²) < 4.78 is 32.8. The molecule has 0 amide bonds.